The van der Waals surface area contributed by atoms with Gasteiger partial charge in [0.25, 0.3) is 23.7 Å². The summed E-state index contributed by atoms with van der Waals surface area (Å²) >= 11 is 0. The summed E-state index contributed by atoms with van der Waals surface area (Å²) in [5.41, 5.74) is -0.580. The molecule has 4 aliphatic rings. The zero-order valence-electron chi connectivity index (χ0n) is 37.0. The number of carbonyl (C=O) groups excluding carboxylic acids is 2. The minimum Gasteiger partial charge on any atom is -0.460 e. The van der Waals surface area contributed by atoms with Crippen LogP contribution in [0.2, 0.25) is 0 Å². The van der Waals surface area contributed by atoms with E-state index in [1.54, 1.807) is 9.80 Å². The Morgan fingerprint density at radius 3 is 1.33 bits per heavy atom. The maximum absolute atomic E-state index is 12.8. The second-order valence-corrected chi connectivity index (χ2v) is 18.6. The van der Waals surface area contributed by atoms with Gasteiger partial charge in [-0.3, -0.25) is 9.59 Å². The number of carbonyl (C=O) groups is 2. The van der Waals surface area contributed by atoms with Crippen LogP contribution in [0.5, 0.6) is 12.0 Å². The minimum absolute atomic E-state index is 0.0705. The summed E-state index contributed by atoms with van der Waals surface area (Å²) in [5, 5.41) is 17.2. The van der Waals surface area contributed by atoms with Crippen LogP contribution in [0.1, 0.15) is 81.1 Å². The normalized spacial score (nSPS) is 21.7. The number of nitrogens with one attached hydrogen (secondary N) is 5. The molecule has 6 rings (SSSR count). The standard InChI is InChI=1S/C40H65N15O6/c1-37(2)21-27(22-38(3,4)52-37)60-35-48-31(46-33(50-35)44-25-29(56)54-13-17-58-18-14-54)42-11-9-41-10-12-43-32-47-34(45-26-30(57)55-15-19-59-20-16-55)51-36(49-32)61-28-23-39(5,6)53-40(7,8)24-28/h25-28,41,52-53H,9-24H2,1-8H3,(H,42,46,48,50)(H,43,47,49,51). The molecule has 0 radical (unpaired) electrons. The number of ether oxygens (including phenoxy) is 4. The maximum atomic E-state index is 12.8. The van der Waals surface area contributed by atoms with Crippen LogP contribution in [0.4, 0.5) is 23.8 Å². The Morgan fingerprint density at radius 2 is 0.967 bits per heavy atom. The molecule has 5 N–H and O–H groups in total. The van der Waals surface area contributed by atoms with Crippen LogP contribution in [0.3, 0.4) is 0 Å². The molecule has 0 spiro atoms. The molecule has 6 heterocycles. The summed E-state index contributed by atoms with van der Waals surface area (Å²) in [6.45, 7) is 23.2. The van der Waals surface area contributed by atoms with Gasteiger partial charge in [-0.2, -0.15) is 29.9 Å². The molecule has 4 saturated heterocycles. The molecule has 4 fully saturated rings. The average Bonchev–Trinajstić information content (AvgIpc) is 3.17. The van der Waals surface area contributed by atoms with Gasteiger partial charge >= 0.3 is 12.0 Å². The first-order chi connectivity index (χ1) is 28.9. The zero-order chi connectivity index (χ0) is 43.7. The van der Waals surface area contributed by atoms with Crippen molar-refractivity contribution in [3.63, 3.8) is 0 Å². The predicted octanol–water partition coefficient (Wildman–Crippen LogP) is 1.67. The summed E-state index contributed by atoms with van der Waals surface area (Å²) in [5.74, 6) is 0.226. The second-order valence-electron chi connectivity index (χ2n) is 18.6. The van der Waals surface area contributed by atoms with E-state index in [1.807, 2.05) is 0 Å². The van der Waals surface area contributed by atoms with E-state index in [9.17, 15) is 9.59 Å². The third-order valence-electron chi connectivity index (χ3n) is 10.5. The van der Waals surface area contributed by atoms with Gasteiger partial charge in [0, 0.05) is 100 Å². The summed E-state index contributed by atoms with van der Waals surface area (Å²) < 4.78 is 23.4. The summed E-state index contributed by atoms with van der Waals surface area (Å²) in [4.78, 5) is 64.5. The molecular weight excluding hydrogens is 787 g/mol. The molecule has 2 aromatic rings. The molecule has 21 heteroatoms. The van der Waals surface area contributed by atoms with Crippen molar-refractivity contribution in [1.82, 2.24) is 55.7 Å². The molecule has 4 aliphatic heterocycles. The molecule has 0 unspecified atom stereocenters. The van der Waals surface area contributed by atoms with E-state index in [4.69, 9.17) is 18.9 Å². The Bertz CT molecular complexity index is 1700. The fourth-order valence-electron chi connectivity index (χ4n) is 8.60. The molecule has 0 saturated carbocycles. The van der Waals surface area contributed by atoms with Crippen LogP contribution in [-0.2, 0) is 19.1 Å². The van der Waals surface area contributed by atoms with Crippen LogP contribution in [0, 0.1) is 0 Å². The fraction of sp³-hybridized carbons (Fsp3) is 0.750. The van der Waals surface area contributed by atoms with Crippen molar-refractivity contribution in [2.24, 2.45) is 9.98 Å². The lowest BCUT2D eigenvalue weighted by molar-refractivity contribution is -0.128. The Kier molecular flexibility index (Phi) is 15.0. The highest BCUT2D eigenvalue weighted by Crippen LogP contribution is 2.32. The van der Waals surface area contributed by atoms with Crippen molar-refractivity contribution in [2.75, 3.05) is 89.4 Å². The van der Waals surface area contributed by atoms with Gasteiger partial charge in [-0.1, -0.05) is 0 Å². The molecule has 2 amide bonds. The molecule has 0 atom stereocenters. The summed E-state index contributed by atoms with van der Waals surface area (Å²) in [6.07, 6.45) is 5.22. The van der Waals surface area contributed by atoms with E-state index >= 15 is 0 Å². The van der Waals surface area contributed by atoms with Gasteiger partial charge in [0.1, 0.15) is 12.2 Å². The molecule has 2 aromatic heterocycles. The third-order valence-corrected chi connectivity index (χ3v) is 10.5. The fourth-order valence-corrected chi connectivity index (χ4v) is 8.60. The Labute approximate surface area is 358 Å². The molecule has 0 aromatic carbocycles. The quantitative estimate of drug-likeness (QED) is 0.119. The summed E-state index contributed by atoms with van der Waals surface area (Å²) in [7, 11) is 0. The van der Waals surface area contributed by atoms with E-state index in [1.165, 1.54) is 12.4 Å². The Hall–Kier alpha value is -4.70. The first-order valence-electron chi connectivity index (χ1n) is 21.3. The van der Waals surface area contributed by atoms with Gasteiger partial charge in [-0.05, 0) is 55.4 Å². The van der Waals surface area contributed by atoms with Crippen LogP contribution in [0.25, 0.3) is 0 Å². The van der Waals surface area contributed by atoms with E-state index < -0.39 is 0 Å². The van der Waals surface area contributed by atoms with Crippen LogP contribution < -0.4 is 36.1 Å². The number of rotatable bonds is 16. The first-order valence-corrected chi connectivity index (χ1v) is 21.3. The molecule has 21 nitrogen and oxygen atoms in total. The molecular formula is C40H65N15O6. The van der Waals surface area contributed by atoms with Crippen molar-refractivity contribution in [2.45, 2.75) is 115 Å². The smallest absolute Gasteiger partial charge is 0.323 e. The number of hydrogen-bond donors (Lipinski definition) is 5. The molecule has 0 aliphatic carbocycles. The van der Waals surface area contributed by atoms with Crippen molar-refractivity contribution in [3.05, 3.63) is 0 Å². The van der Waals surface area contributed by atoms with Crippen molar-refractivity contribution in [3.8, 4) is 12.0 Å². The van der Waals surface area contributed by atoms with Gasteiger partial charge in [0.05, 0.1) is 38.9 Å². The lowest BCUT2D eigenvalue weighted by Gasteiger charge is -2.45. The Morgan fingerprint density at radius 1 is 0.607 bits per heavy atom. The first kappa shape index (κ1) is 45.8. The van der Waals surface area contributed by atoms with Crippen LogP contribution >= 0.6 is 0 Å². The lowest BCUT2D eigenvalue weighted by Crippen LogP contribution is -2.60. The van der Waals surface area contributed by atoms with E-state index in [0.717, 1.165) is 25.7 Å². The zero-order valence-corrected chi connectivity index (χ0v) is 37.0. The van der Waals surface area contributed by atoms with E-state index in [2.05, 4.69) is 122 Å². The topological polar surface area (TPSA) is 240 Å². The highest BCUT2D eigenvalue weighted by atomic mass is 16.5. The second kappa shape index (κ2) is 20.0. The number of nitrogens with zero attached hydrogens (tertiary/aromatic N) is 10. The molecule has 336 valence electrons. The van der Waals surface area contributed by atoms with E-state index in [-0.39, 0.29) is 82.0 Å². The van der Waals surface area contributed by atoms with Gasteiger partial charge < -0.3 is 55.3 Å². The largest absolute Gasteiger partial charge is 0.460 e. The van der Waals surface area contributed by atoms with Crippen molar-refractivity contribution < 1.29 is 28.5 Å². The number of aliphatic imine (C=N–C) groups is 2. The Balaban J connectivity index is 1.05. The van der Waals surface area contributed by atoms with E-state index in [0.29, 0.717) is 78.8 Å². The van der Waals surface area contributed by atoms with Gasteiger partial charge in [0.15, 0.2) is 0 Å². The average molecular weight is 852 g/mol. The molecule has 61 heavy (non-hydrogen) atoms. The monoisotopic (exact) mass is 852 g/mol. The number of anilines is 2. The maximum Gasteiger partial charge on any atom is 0.323 e. The third kappa shape index (κ3) is 14.7. The SMILES string of the molecule is CC1(C)CC(Oc2nc(N=CC(=O)N3CCOCC3)nc(NCCNCCNc3nc(N=CC(=O)N4CCOCC4)nc(OC4CC(C)(C)NC(C)(C)C4)n3)n2)CC(C)(C)N1. The number of amides is 2. The highest BCUT2D eigenvalue weighted by Gasteiger charge is 2.40. The van der Waals surface area contributed by atoms with Crippen molar-refractivity contribution in [1.29, 1.82) is 0 Å². The highest BCUT2D eigenvalue weighted by molar-refractivity contribution is 6.27. The van der Waals surface area contributed by atoms with Crippen LogP contribution in [0.15, 0.2) is 9.98 Å². The van der Waals surface area contributed by atoms with Crippen molar-refractivity contribution >= 4 is 48.0 Å². The number of hydrogen-bond acceptors (Lipinski definition) is 19. The number of aromatic nitrogens is 6. The molecule has 0 bridgehead atoms. The number of morpholine rings is 2. The van der Waals surface area contributed by atoms with Gasteiger partial charge in [-0.15, -0.1) is 0 Å². The summed E-state index contributed by atoms with van der Waals surface area (Å²) in [6, 6.07) is 0.281. The van der Waals surface area contributed by atoms with Gasteiger partial charge in [-0.25, -0.2) is 9.98 Å². The minimum atomic E-state index is -0.237. The predicted molar refractivity (Wildman–Crippen MR) is 230 cm³/mol. The van der Waals surface area contributed by atoms with Crippen LogP contribution in [-0.4, -0.2) is 177 Å². The van der Waals surface area contributed by atoms with Gasteiger partial charge in [0.2, 0.25) is 11.9 Å². The lowest BCUT2D eigenvalue weighted by atomic mass is 9.81. The number of piperidine rings is 2.